The quantitative estimate of drug-likeness (QED) is 0.711. The number of nitrogens with one attached hydrogen (secondary N) is 1. The Bertz CT molecular complexity index is 175. The third-order valence-electron chi connectivity index (χ3n) is 3.57. The Morgan fingerprint density at radius 1 is 1.24 bits per heavy atom. The second-order valence-electron chi connectivity index (χ2n) is 4.82. The van der Waals surface area contributed by atoms with Crippen molar-refractivity contribution in [3.05, 3.63) is 0 Å². The van der Waals surface area contributed by atoms with Crippen molar-refractivity contribution in [3.63, 3.8) is 0 Å². The lowest BCUT2D eigenvalue weighted by Gasteiger charge is -2.36. The molecule has 2 unspecified atom stereocenters. The summed E-state index contributed by atoms with van der Waals surface area (Å²) in [5.74, 6) is 0.715. The second kappa shape index (κ2) is 8.90. The average molecular weight is 243 g/mol. The van der Waals surface area contributed by atoms with Gasteiger partial charge < -0.3 is 14.8 Å². The maximum absolute atomic E-state index is 5.95. The standard InChI is InChI=1S/C14H29NO2/c1-4-7-13(17-6-3)14(15-5-2)12-8-10-16-11-9-12/h12-15H,4-11H2,1-3H3. The van der Waals surface area contributed by atoms with Crippen LogP contribution in [0.15, 0.2) is 0 Å². The van der Waals surface area contributed by atoms with E-state index in [1.165, 1.54) is 19.3 Å². The molecule has 0 spiro atoms. The van der Waals surface area contributed by atoms with E-state index in [0.717, 1.165) is 32.8 Å². The topological polar surface area (TPSA) is 30.5 Å². The predicted molar refractivity (Wildman–Crippen MR) is 71.3 cm³/mol. The number of hydrogen-bond donors (Lipinski definition) is 1. The first-order chi connectivity index (χ1) is 8.33. The molecule has 3 nitrogen and oxygen atoms in total. The van der Waals surface area contributed by atoms with Crippen LogP contribution >= 0.6 is 0 Å². The van der Waals surface area contributed by atoms with Gasteiger partial charge in [-0.3, -0.25) is 0 Å². The van der Waals surface area contributed by atoms with Gasteiger partial charge in [0.2, 0.25) is 0 Å². The molecule has 1 aliphatic heterocycles. The summed E-state index contributed by atoms with van der Waals surface area (Å²) in [5.41, 5.74) is 0. The van der Waals surface area contributed by atoms with Crippen LogP contribution in [0.1, 0.15) is 46.5 Å². The molecule has 1 fully saturated rings. The van der Waals surface area contributed by atoms with Crippen molar-refractivity contribution in [2.45, 2.75) is 58.6 Å². The Morgan fingerprint density at radius 2 is 1.94 bits per heavy atom. The van der Waals surface area contributed by atoms with Crippen molar-refractivity contribution < 1.29 is 9.47 Å². The fraction of sp³-hybridized carbons (Fsp3) is 1.00. The van der Waals surface area contributed by atoms with Crippen molar-refractivity contribution in [2.24, 2.45) is 5.92 Å². The van der Waals surface area contributed by atoms with Crippen LogP contribution in [0.25, 0.3) is 0 Å². The molecule has 0 aliphatic carbocycles. The minimum absolute atomic E-state index is 0.369. The van der Waals surface area contributed by atoms with Crippen LogP contribution in [0.2, 0.25) is 0 Å². The monoisotopic (exact) mass is 243 g/mol. The lowest BCUT2D eigenvalue weighted by Crippen LogP contribution is -2.48. The summed E-state index contributed by atoms with van der Waals surface area (Å²) >= 11 is 0. The molecule has 0 bridgehead atoms. The zero-order valence-corrected chi connectivity index (χ0v) is 11.7. The Balaban J connectivity index is 2.58. The van der Waals surface area contributed by atoms with Crippen LogP contribution < -0.4 is 5.32 Å². The molecule has 0 amide bonds. The number of ether oxygens (including phenoxy) is 2. The molecule has 0 aromatic rings. The van der Waals surface area contributed by atoms with Crippen LogP contribution in [0, 0.1) is 5.92 Å². The van der Waals surface area contributed by atoms with Gasteiger partial charge in [-0.2, -0.15) is 0 Å². The molecule has 102 valence electrons. The molecule has 1 N–H and O–H groups in total. The fourth-order valence-electron chi connectivity index (χ4n) is 2.78. The molecule has 0 saturated carbocycles. The first-order valence-electron chi connectivity index (χ1n) is 7.26. The fourth-order valence-corrected chi connectivity index (χ4v) is 2.78. The highest BCUT2D eigenvalue weighted by Gasteiger charge is 2.30. The van der Waals surface area contributed by atoms with E-state index in [-0.39, 0.29) is 0 Å². The van der Waals surface area contributed by atoms with E-state index in [2.05, 4.69) is 26.1 Å². The number of hydrogen-bond acceptors (Lipinski definition) is 3. The minimum atomic E-state index is 0.369. The summed E-state index contributed by atoms with van der Waals surface area (Å²) in [6, 6.07) is 0.504. The van der Waals surface area contributed by atoms with Crippen LogP contribution in [0.3, 0.4) is 0 Å². The summed E-state index contributed by atoms with van der Waals surface area (Å²) in [5, 5.41) is 3.64. The largest absolute Gasteiger partial charge is 0.381 e. The maximum Gasteiger partial charge on any atom is 0.0730 e. The van der Waals surface area contributed by atoms with Gasteiger partial charge in [0, 0.05) is 25.9 Å². The van der Waals surface area contributed by atoms with E-state index in [1.807, 2.05) is 0 Å². The first-order valence-corrected chi connectivity index (χ1v) is 7.26. The Labute approximate surface area is 106 Å². The molecule has 17 heavy (non-hydrogen) atoms. The average Bonchev–Trinajstić information content (AvgIpc) is 2.37. The summed E-state index contributed by atoms with van der Waals surface area (Å²) in [7, 11) is 0. The Hall–Kier alpha value is -0.120. The smallest absolute Gasteiger partial charge is 0.0730 e. The Kier molecular flexibility index (Phi) is 7.82. The van der Waals surface area contributed by atoms with Crippen LogP contribution in [0.4, 0.5) is 0 Å². The minimum Gasteiger partial charge on any atom is -0.381 e. The zero-order valence-electron chi connectivity index (χ0n) is 11.7. The van der Waals surface area contributed by atoms with Gasteiger partial charge >= 0.3 is 0 Å². The first kappa shape index (κ1) is 14.9. The molecule has 3 heteroatoms. The molecule has 1 rings (SSSR count). The highest BCUT2D eigenvalue weighted by atomic mass is 16.5. The lowest BCUT2D eigenvalue weighted by molar-refractivity contribution is -0.0156. The lowest BCUT2D eigenvalue weighted by atomic mass is 9.86. The molecule has 2 atom stereocenters. The van der Waals surface area contributed by atoms with Crippen molar-refractivity contribution in [2.75, 3.05) is 26.4 Å². The van der Waals surface area contributed by atoms with Crippen molar-refractivity contribution in [1.82, 2.24) is 5.32 Å². The van der Waals surface area contributed by atoms with Crippen LogP contribution in [-0.4, -0.2) is 38.5 Å². The predicted octanol–water partition coefficient (Wildman–Crippen LogP) is 2.60. The van der Waals surface area contributed by atoms with Crippen molar-refractivity contribution >= 4 is 0 Å². The molecule has 1 aliphatic rings. The highest BCUT2D eigenvalue weighted by molar-refractivity contribution is 4.85. The molecule has 1 saturated heterocycles. The molecular formula is C14H29NO2. The normalized spacial score (nSPS) is 21.4. The van der Waals surface area contributed by atoms with E-state index in [4.69, 9.17) is 9.47 Å². The third kappa shape index (κ3) is 4.94. The molecular weight excluding hydrogens is 214 g/mol. The zero-order chi connectivity index (χ0) is 12.5. The molecule has 0 aromatic heterocycles. The van der Waals surface area contributed by atoms with Gasteiger partial charge in [0.15, 0.2) is 0 Å². The van der Waals surface area contributed by atoms with Gasteiger partial charge in [-0.05, 0) is 38.6 Å². The summed E-state index contributed by atoms with van der Waals surface area (Å²) in [6.07, 6.45) is 5.06. The van der Waals surface area contributed by atoms with Gasteiger partial charge in [-0.1, -0.05) is 20.3 Å². The second-order valence-corrected chi connectivity index (χ2v) is 4.82. The third-order valence-corrected chi connectivity index (χ3v) is 3.57. The highest BCUT2D eigenvalue weighted by Crippen LogP contribution is 2.24. The van der Waals surface area contributed by atoms with E-state index in [1.54, 1.807) is 0 Å². The van der Waals surface area contributed by atoms with E-state index < -0.39 is 0 Å². The van der Waals surface area contributed by atoms with E-state index in [9.17, 15) is 0 Å². The summed E-state index contributed by atoms with van der Waals surface area (Å²) in [4.78, 5) is 0. The van der Waals surface area contributed by atoms with Gasteiger partial charge in [0.1, 0.15) is 0 Å². The summed E-state index contributed by atoms with van der Waals surface area (Å²) < 4.78 is 11.4. The van der Waals surface area contributed by atoms with Crippen molar-refractivity contribution in [3.8, 4) is 0 Å². The molecule has 0 radical (unpaired) electrons. The van der Waals surface area contributed by atoms with Crippen molar-refractivity contribution in [1.29, 1.82) is 0 Å². The molecule has 1 heterocycles. The number of likely N-dealkylation sites (N-methyl/N-ethyl adjacent to an activating group) is 1. The van der Waals surface area contributed by atoms with Crippen LogP contribution in [-0.2, 0) is 9.47 Å². The Morgan fingerprint density at radius 3 is 2.47 bits per heavy atom. The van der Waals surface area contributed by atoms with Gasteiger partial charge in [0.05, 0.1) is 6.10 Å². The van der Waals surface area contributed by atoms with Gasteiger partial charge in [-0.25, -0.2) is 0 Å². The van der Waals surface area contributed by atoms with Gasteiger partial charge in [-0.15, -0.1) is 0 Å². The summed E-state index contributed by atoms with van der Waals surface area (Å²) in [6.45, 7) is 10.2. The van der Waals surface area contributed by atoms with E-state index in [0.29, 0.717) is 18.1 Å². The SMILES string of the molecule is CCCC(OCC)C(NCC)C1CCOCC1. The molecule has 0 aromatic carbocycles. The number of rotatable bonds is 8. The van der Waals surface area contributed by atoms with Crippen LogP contribution in [0.5, 0.6) is 0 Å². The van der Waals surface area contributed by atoms with Gasteiger partial charge in [0.25, 0.3) is 0 Å². The maximum atomic E-state index is 5.95. The van der Waals surface area contributed by atoms with E-state index >= 15 is 0 Å².